The van der Waals surface area contributed by atoms with Crippen LogP contribution in [0.1, 0.15) is 26.7 Å². The van der Waals surface area contributed by atoms with Gasteiger partial charge in [0.1, 0.15) is 11.5 Å². The number of hydrogen-bond donors (Lipinski definition) is 2. The van der Waals surface area contributed by atoms with E-state index in [0.717, 1.165) is 40.6 Å². The highest BCUT2D eigenvalue weighted by Gasteiger charge is 2.30. The Labute approximate surface area is 152 Å². The summed E-state index contributed by atoms with van der Waals surface area (Å²) in [6, 6.07) is 3.88. The molecule has 0 bridgehead atoms. The summed E-state index contributed by atoms with van der Waals surface area (Å²) in [4.78, 5) is 14.3. The highest BCUT2D eigenvalue weighted by Crippen LogP contribution is 2.32. The molecule has 26 heavy (non-hydrogen) atoms. The zero-order chi connectivity index (χ0) is 18.3. The van der Waals surface area contributed by atoms with Crippen LogP contribution in [0.3, 0.4) is 0 Å². The van der Waals surface area contributed by atoms with Gasteiger partial charge in [-0.15, -0.1) is 0 Å². The third-order valence-corrected chi connectivity index (χ3v) is 7.27. The van der Waals surface area contributed by atoms with Gasteiger partial charge in [-0.3, -0.25) is 0 Å². The second-order valence-electron chi connectivity index (χ2n) is 6.91. The van der Waals surface area contributed by atoms with Crippen LogP contribution in [0.25, 0.3) is 21.8 Å². The Balaban J connectivity index is 1.64. The largest absolute Gasteiger partial charge is 0.354 e. The molecule has 4 heterocycles. The molecule has 1 aliphatic heterocycles. The van der Waals surface area contributed by atoms with Gasteiger partial charge < -0.3 is 9.88 Å². The van der Waals surface area contributed by atoms with Crippen LogP contribution in [0.4, 0.5) is 5.82 Å². The van der Waals surface area contributed by atoms with Gasteiger partial charge in [0.25, 0.3) is 0 Å². The summed E-state index contributed by atoms with van der Waals surface area (Å²) >= 11 is 0. The van der Waals surface area contributed by atoms with E-state index in [-0.39, 0.29) is 11.3 Å². The van der Waals surface area contributed by atoms with E-state index in [9.17, 15) is 8.42 Å². The molecule has 138 valence electrons. The predicted octanol–water partition coefficient (Wildman–Crippen LogP) is 2.41. The Hall–Kier alpha value is -2.19. The molecule has 8 heteroatoms. The van der Waals surface area contributed by atoms with Gasteiger partial charge in [0.05, 0.1) is 5.25 Å². The van der Waals surface area contributed by atoms with Crippen molar-refractivity contribution in [2.45, 2.75) is 38.0 Å². The van der Waals surface area contributed by atoms with E-state index < -0.39 is 10.0 Å². The molecule has 0 aliphatic carbocycles. The molecule has 3 aromatic rings. The number of rotatable bonds is 5. The van der Waals surface area contributed by atoms with Crippen LogP contribution in [0.2, 0.25) is 0 Å². The standard InChI is InChI=1S/C18H23N5O2S/c1-3-12(2)26(24,25)22-14-6-9-23(11-14)18-16-13(4-7-20-18)10-21-17-15(16)5-8-19-17/h4-5,7-8,10,12,14,22H,3,6,9,11H2,1-2H3,(H,19,21). The number of nitrogens with zero attached hydrogens (tertiary/aromatic N) is 3. The van der Waals surface area contributed by atoms with Crippen molar-refractivity contribution in [3.8, 4) is 0 Å². The Morgan fingerprint density at radius 1 is 1.38 bits per heavy atom. The number of pyridine rings is 2. The average molecular weight is 373 g/mol. The van der Waals surface area contributed by atoms with E-state index >= 15 is 0 Å². The third kappa shape index (κ3) is 2.93. The van der Waals surface area contributed by atoms with Crippen LogP contribution in [0, 0.1) is 0 Å². The minimum Gasteiger partial charge on any atom is -0.354 e. The molecule has 3 aromatic heterocycles. The molecular weight excluding hydrogens is 350 g/mol. The fraction of sp³-hybridized carbons (Fsp3) is 0.444. The van der Waals surface area contributed by atoms with Gasteiger partial charge in [-0.2, -0.15) is 0 Å². The summed E-state index contributed by atoms with van der Waals surface area (Å²) in [7, 11) is -3.28. The van der Waals surface area contributed by atoms with Crippen molar-refractivity contribution in [2.24, 2.45) is 0 Å². The molecule has 4 rings (SSSR count). The van der Waals surface area contributed by atoms with Crippen LogP contribution >= 0.6 is 0 Å². The van der Waals surface area contributed by atoms with Crippen molar-refractivity contribution >= 4 is 37.6 Å². The van der Waals surface area contributed by atoms with Gasteiger partial charge in [0.15, 0.2) is 0 Å². The summed E-state index contributed by atoms with van der Waals surface area (Å²) in [5.41, 5.74) is 0.833. The zero-order valence-corrected chi connectivity index (χ0v) is 15.8. The second-order valence-corrected chi connectivity index (χ2v) is 9.04. The van der Waals surface area contributed by atoms with Gasteiger partial charge in [-0.05, 0) is 31.9 Å². The maximum Gasteiger partial charge on any atom is 0.214 e. The molecule has 0 saturated carbocycles. The zero-order valence-electron chi connectivity index (χ0n) is 14.9. The molecule has 0 spiro atoms. The number of anilines is 1. The fourth-order valence-corrected chi connectivity index (χ4v) is 4.84. The molecule has 2 atom stereocenters. The quantitative estimate of drug-likeness (QED) is 0.717. The Bertz CT molecular complexity index is 1050. The Morgan fingerprint density at radius 2 is 2.23 bits per heavy atom. The van der Waals surface area contributed by atoms with Crippen LogP contribution in [-0.4, -0.2) is 47.8 Å². The summed E-state index contributed by atoms with van der Waals surface area (Å²) in [6.07, 6.45) is 6.89. The lowest BCUT2D eigenvalue weighted by atomic mass is 10.1. The Kier molecular flexibility index (Phi) is 4.32. The summed E-state index contributed by atoms with van der Waals surface area (Å²) in [5, 5.41) is 2.75. The van der Waals surface area contributed by atoms with Gasteiger partial charge in [0.2, 0.25) is 10.0 Å². The molecule has 0 aromatic carbocycles. The third-order valence-electron chi connectivity index (χ3n) is 5.21. The van der Waals surface area contributed by atoms with Gasteiger partial charge in [-0.1, -0.05) is 6.92 Å². The lowest BCUT2D eigenvalue weighted by Crippen LogP contribution is -2.41. The van der Waals surface area contributed by atoms with E-state index in [1.54, 1.807) is 13.1 Å². The lowest BCUT2D eigenvalue weighted by molar-refractivity contribution is 0.547. The summed E-state index contributed by atoms with van der Waals surface area (Å²) in [5.74, 6) is 0.889. The first-order valence-electron chi connectivity index (χ1n) is 8.96. The van der Waals surface area contributed by atoms with Crippen molar-refractivity contribution in [2.75, 3.05) is 18.0 Å². The van der Waals surface area contributed by atoms with Crippen molar-refractivity contribution in [3.63, 3.8) is 0 Å². The molecular formula is C18H23N5O2S. The smallest absolute Gasteiger partial charge is 0.214 e. The average Bonchev–Trinajstić information content (AvgIpc) is 3.29. The number of nitrogens with one attached hydrogen (secondary N) is 2. The lowest BCUT2D eigenvalue weighted by Gasteiger charge is -2.21. The highest BCUT2D eigenvalue weighted by molar-refractivity contribution is 7.90. The predicted molar refractivity (Wildman–Crippen MR) is 104 cm³/mol. The number of H-pyrrole nitrogens is 1. The van der Waals surface area contributed by atoms with Crippen molar-refractivity contribution in [3.05, 3.63) is 30.7 Å². The first-order valence-corrected chi connectivity index (χ1v) is 10.5. The van der Waals surface area contributed by atoms with Gasteiger partial charge in [0, 0.05) is 53.9 Å². The van der Waals surface area contributed by atoms with Gasteiger partial charge >= 0.3 is 0 Å². The molecule has 0 amide bonds. The van der Waals surface area contributed by atoms with Crippen LogP contribution in [0.15, 0.2) is 30.7 Å². The van der Waals surface area contributed by atoms with E-state index in [1.807, 2.05) is 31.5 Å². The molecule has 1 aliphatic rings. The van der Waals surface area contributed by atoms with Crippen molar-refractivity contribution in [1.29, 1.82) is 0 Å². The van der Waals surface area contributed by atoms with Crippen molar-refractivity contribution < 1.29 is 8.42 Å². The van der Waals surface area contributed by atoms with E-state index in [2.05, 4.69) is 24.6 Å². The van der Waals surface area contributed by atoms with Crippen LogP contribution in [-0.2, 0) is 10.0 Å². The first kappa shape index (κ1) is 17.2. The van der Waals surface area contributed by atoms with Crippen LogP contribution in [0.5, 0.6) is 0 Å². The summed E-state index contributed by atoms with van der Waals surface area (Å²) in [6.45, 7) is 5.03. The number of hydrogen-bond acceptors (Lipinski definition) is 5. The van der Waals surface area contributed by atoms with Crippen molar-refractivity contribution in [1.82, 2.24) is 19.7 Å². The normalized spacial score (nSPS) is 19.5. The monoisotopic (exact) mass is 373 g/mol. The van der Waals surface area contributed by atoms with E-state index in [1.165, 1.54) is 0 Å². The highest BCUT2D eigenvalue weighted by atomic mass is 32.2. The molecule has 0 radical (unpaired) electrons. The minimum atomic E-state index is -3.28. The fourth-order valence-electron chi connectivity index (χ4n) is 3.51. The molecule has 1 fully saturated rings. The number of aromatic amines is 1. The topological polar surface area (TPSA) is 91.0 Å². The maximum absolute atomic E-state index is 12.4. The first-order chi connectivity index (χ1) is 12.5. The number of fused-ring (bicyclic) bond motifs is 3. The SMILES string of the molecule is CCC(C)S(=O)(=O)NC1CCN(c2nccc3cnc4[nH]ccc4c23)C1. The maximum atomic E-state index is 12.4. The Morgan fingerprint density at radius 3 is 3.04 bits per heavy atom. The van der Waals surface area contributed by atoms with E-state index in [0.29, 0.717) is 13.0 Å². The van der Waals surface area contributed by atoms with Gasteiger partial charge in [-0.25, -0.2) is 23.1 Å². The number of aromatic nitrogens is 3. The summed E-state index contributed by atoms with van der Waals surface area (Å²) < 4.78 is 27.6. The molecule has 2 unspecified atom stereocenters. The van der Waals surface area contributed by atoms with Crippen LogP contribution < -0.4 is 9.62 Å². The second kappa shape index (κ2) is 6.51. The van der Waals surface area contributed by atoms with E-state index in [4.69, 9.17) is 0 Å². The molecule has 1 saturated heterocycles. The number of sulfonamides is 1. The molecule has 2 N–H and O–H groups in total. The minimum absolute atomic E-state index is 0.0883. The molecule has 7 nitrogen and oxygen atoms in total.